The molecule has 1 aliphatic heterocycles. The van der Waals surface area contributed by atoms with Crippen LogP contribution in [0.4, 0.5) is 0 Å². The van der Waals surface area contributed by atoms with Crippen molar-refractivity contribution in [2.45, 2.75) is 50.7 Å². The molecule has 0 aromatic carbocycles. The van der Waals surface area contributed by atoms with E-state index in [0.29, 0.717) is 25.9 Å². The third kappa shape index (κ3) is 3.93. The van der Waals surface area contributed by atoms with Gasteiger partial charge in [-0.15, -0.1) is 0 Å². The molecule has 2 rings (SSSR count). The van der Waals surface area contributed by atoms with E-state index >= 15 is 0 Å². The second-order valence-electron chi connectivity index (χ2n) is 5.90. The van der Waals surface area contributed by atoms with Crippen molar-refractivity contribution in [2.75, 3.05) is 19.3 Å². The van der Waals surface area contributed by atoms with Gasteiger partial charge in [0.05, 0.1) is 18.4 Å². The number of nitrogens with one attached hydrogen (secondary N) is 1. The third-order valence-corrected chi connectivity index (χ3v) is 5.65. The molecule has 1 heterocycles. The Morgan fingerprint density at radius 2 is 1.75 bits per heavy atom. The minimum absolute atomic E-state index is 0.0379. The molecule has 2 atom stereocenters. The first-order chi connectivity index (χ1) is 9.38. The number of rotatable bonds is 3. The summed E-state index contributed by atoms with van der Waals surface area (Å²) in [5.74, 6) is -0.175. The standard InChI is InChI=1S/C13H24N2O4S/c1-20(18,19)15-8-6-10(7-9-15)13(17)14-11-4-2-3-5-12(11)16/h10-12,16H,2-9H2,1H3,(H,14,17). The smallest absolute Gasteiger partial charge is 0.223 e. The van der Waals surface area contributed by atoms with Gasteiger partial charge >= 0.3 is 0 Å². The van der Waals surface area contributed by atoms with Crippen molar-refractivity contribution in [2.24, 2.45) is 5.92 Å². The maximum absolute atomic E-state index is 12.2. The molecule has 2 fully saturated rings. The number of carbonyl (C=O) groups excluding carboxylic acids is 1. The van der Waals surface area contributed by atoms with Gasteiger partial charge in [-0.05, 0) is 25.7 Å². The molecule has 0 bridgehead atoms. The van der Waals surface area contributed by atoms with Crippen molar-refractivity contribution < 1.29 is 18.3 Å². The van der Waals surface area contributed by atoms with Crippen molar-refractivity contribution in [3.05, 3.63) is 0 Å². The lowest BCUT2D eigenvalue weighted by Crippen LogP contribution is -2.49. The van der Waals surface area contributed by atoms with E-state index in [4.69, 9.17) is 0 Å². The second kappa shape index (κ2) is 6.41. The summed E-state index contributed by atoms with van der Waals surface area (Å²) >= 11 is 0. The number of piperidine rings is 1. The van der Waals surface area contributed by atoms with Gasteiger partial charge in [0.25, 0.3) is 0 Å². The highest BCUT2D eigenvalue weighted by molar-refractivity contribution is 7.88. The highest BCUT2D eigenvalue weighted by Gasteiger charge is 2.31. The van der Waals surface area contributed by atoms with Crippen LogP contribution in [0, 0.1) is 5.92 Å². The quantitative estimate of drug-likeness (QED) is 0.773. The lowest BCUT2D eigenvalue weighted by molar-refractivity contribution is -0.128. The summed E-state index contributed by atoms with van der Waals surface area (Å²) in [4.78, 5) is 12.2. The lowest BCUT2D eigenvalue weighted by Gasteiger charge is -2.33. The summed E-state index contributed by atoms with van der Waals surface area (Å²) in [6.45, 7) is 0.814. The predicted molar refractivity (Wildman–Crippen MR) is 75.5 cm³/mol. The average molecular weight is 304 g/mol. The number of sulfonamides is 1. The SMILES string of the molecule is CS(=O)(=O)N1CCC(C(=O)NC2CCCCC2O)CC1. The van der Waals surface area contributed by atoms with E-state index in [1.807, 2.05) is 0 Å². The van der Waals surface area contributed by atoms with Crippen molar-refractivity contribution in [3.8, 4) is 0 Å². The fraction of sp³-hybridized carbons (Fsp3) is 0.923. The first-order valence-electron chi connectivity index (χ1n) is 7.31. The topological polar surface area (TPSA) is 86.7 Å². The van der Waals surface area contributed by atoms with E-state index in [0.717, 1.165) is 25.7 Å². The fourth-order valence-electron chi connectivity index (χ4n) is 3.03. The Labute approximate surface area is 120 Å². The first kappa shape index (κ1) is 15.7. The molecule has 2 unspecified atom stereocenters. The molecular formula is C13H24N2O4S. The zero-order chi connectivity index (χ0) is 14.8. The van der Waals surface area contributed by atoms with Crippen molar-refractivity contribution in [1.82, 2.24) is 9.62 Å². The molecule has 20 heavy (non-hydrogen) atoms. The summed E-state index contributed by atoms with van der Waals surface area (Å²) in [5, 5.41) is 12.8. The van der Waals surface area contributed by atoms with Crippen LogP contribution in [0.3, 0.4) is 0 Å². The van der Waals surface area contributed by atoms with Crippen LogP contribution >= 0.6 is 0 Å². The van der Waals surface area contributed by atoms with Crippen LogP contribution in [-0.2, 0) is 14.8 Å². The van der Waals surface area contributed by atoms with E-state index in [-0.39, 0.29) is 17.9 Å². The van der Waals surface area contributed by atoms with Gasteiger partial charge in [-0.3, -0.25) is 4.79 Å². The predicted octanol–water partition coefficient (Wildman–Crippen LogP) is 0.0777. The molecule has 1 saturated carbocycles. The zero-order valence-electron chi connectivity index (χ0n) is 11.9. The molecule has 116 valence electrons. The van der Waals surface area contributed by atoms with Gasteiger partial charge in [0, 0.05) is 19.0 Å². The van der Waals surface area contributed by atoms with Crippen molar-refractivity contribution >= 4 is 15.9 Å². The number of hydrogen-bond acceptors (Lipinski definition) is 4. The minimum Gasteiger partial charge on any atom is -0.391 e. The third-order valence-electron chi connectivity index (χ3n) is 4.35. The van der Waals surface area contributed by atoms with Gasteiger partial charge < -0.3 is 10.4 Å². The molecule has 6 nitrogen and oxygen atoms in total. The van der Waals surface area contributed by atoms with Gasteiger partial charge in [-0.25, -0.2) is 12.7 Å². The Morgan fingerprint density at radius 1 is 1.15 bits per heavy atom. The molecule has 1 aliphatic carbocycles. The number of hydrogen-bond donors (Lipinski definition) is 2. The molecular weight excluding hydrogens is 280 g/mol. The summed E-state index contributed by atoms with van der Waals surface area (Å²) in [6.07, 6.45) is 5.50. The van der Waals surface area contributed by atoms with Crippen LogP contribution in [0.5, 0.6) is 0 Å². The van der Waals surface area contributed by atoms with Crippen molar-refractivity contribution in [3.63, 3.8) is 0 Å². The zero-order valence-corrected chi connectivity index (χ0v) is 12.7. The van der Waals surface area contributed by atoms with Gasteiger partial charge in [0.2, 0.25) is 15.9 Å². The number of aliphatic hydroxyl groups excluding tert-OH is 1. The van der Waals surface area contributed by atoms with Crippen LogP contribution in [0.25, 0.3) is 0 Å². The molecule has 2 aliphatic rings. The molecule has 0 aromatic rings. The van der Waals surface area contributed by atoms with E-state index in [1.54, 1.807) is 0 Å². The molecule has 1 amide bonds. The Kier molecular flexibility index (Phi) is 5.04. The summed E-state index contributed by atoms with van der Waals surface area (Å²) in [6, 6.07) is -0.135. The van der Waals surface area contributed by atoms with Gasteiger partial charge in [0.15, 0.2) is 0 Å². The van der Waals surface area contributed by atoms with Crippen LogP contribution in [0.15, 0.2) is 0 Å². The number of aliphatic hydroxyl groups is 1. The van der Waals surface area contributed by atoms with Crippen LogP contribution in [-0.4, -0.2) is 55.2 Å². The number of amides is 1. The van der Waals surface area contributed by atoms with E-state index in [1.165, 1.54) is 10.6 Å². The highest BCUT2D eigenvalue weighted by atomic mass is 32.2. The monoisotopic (exact) mass is 304 g/mol. The number of carbonyl (C=O) groups is 1. The average Bonchev–Trinajstić information content (AvgIpc) is 2.40. The molecule has 0 spiro atoms. The number of nitrogens with zero attached hydrogens (tertiary/aromatic N) is 1. The Bertz CT molecular complexity index is 443. The van der Waals surface area contributed by atoms with Gasteiger partial charge in [0.1, 0.15) is 0 Å². The fourth-order valence-corrected chi connectivity index (χ4v) is 3.90. The first-order valence-corrected chi connectivity index (χ1v) is 9.16. The lowest BCUT2D eigenvalue weighted by atomic mass is 9.91. The Morgan fingerprint density at radius 3 is 2.30 bits per heavy atom. The maximum Gasteiger partial charge on any atom is 0.223 e. The molecule has 0 radical (unpaired) electrons. The Hall–Kier alpha value is -0.660. The highest BCUT2D eigenvalue weighted by Crippen LogP contribution is 2.22. The van der Waals surface area contributed by atoms with Gasteiger partial charge in [-0.1, -0.05) is 12.8 Å². The maximum atomic E-state index is 12.2. The van der Waals surface area contributed by atoms with Gasteiger partial charge in [-0.2, -0.15) is 0 Å². The Balaban J connectivity index is 1.83. The van der Waals surface area contributed by atoms with Crippen LogP contribution < -0.4 is 5.32 Å². The summed E-state index contributed by atoms with van der Waals surface area (Å²) < 4.78 is 24.3. The van der Waals surface area contributed by atoms with Crippen LogP contribution in [0.1, 0.15) is 38.5 Å². The summed E-state index contributed by atoms with van der Waals surface area (Å²) in [5.41, 5.74) is 0. The largest absolute Gasteiger partial charge is 0.391 e. The normalized spacial score (nSPS) is 30.1. The van der Waals surface area contributed by atoms with E-state index in [9.17, 15) is 18.3 Å². The second-order valence-corrected chi connectivity index (χ2v) is 7.89. The molecule has 1 saturated heterocycles. The molecule has 7 heteroatoms. The van der Waals surface area contributed by atoms with Crippen molar-refractivity contribution in [1.29, 1.82) is 0 Å². The molecule has 2 N–H and O–H groups in total. The summed E-state index contributed by atoms with van der Waals surface area (Å²) in [7, 11) is -3.15. The van der Waals surface area contributed by atoms with E-state index < -0.39 is 16.1 Å². The molecule has 0 aromatic heterocycles. The minimum atomic E-state index is -3.15. The van der Waals surface area contributed by atoms with E-state index in [2.05, 4.69) is 5.32 Å². The van der Waals surface area contributed by atoms with Crippen LogP contribution in [0.2, 0.25) is 0 Å².